The van der Waals surface area contributed by atoms with Gasteiger partial charge in [-0.15, -0.1) is 0 Å². The number of anilines is 1. The Balaban J connectivity index is 2.16. The summed E-state index contributed by atoms with van der Waals surface area (Å²) in [6, 6.07) is 14.6. The summed E-state index contributed by atoms with van der Waals surface area (Å²) in [5, 5.41) is 12.9. The molecule has 0 fully saturated rings. The van der Waals surface area contributed by atoms with E-state index in [9.17, 15) is 9.90 Å². The third-order valence-corrected chi connectivity index (χ3v) is 3.27. The topological polar surface area (TPSA) is 52.6 Å². The van der Waals surface area contributed by atoms with Crippen molar-refractivity contribution in [2.24, 2.45) is 0 Å². The first-order chi connectivity index (χ1) is 9.97. The number of phenolic OH excluding ortho intramolecular Hbond substituents is 1. The Morgan fingerprint density at radius 1 is 1.14 bits per heavy atom. The summed E-state index contributed by atoms with van der Waals surface area (Å²) >= 11 is 0. The molecule has 1 atom stereocenters. The molecule has 0 spiro atoms. The van der Waals surface area contributed by atoms with Crippen molar-refractivity contribution < 1.29 is 9.90 Å². The maximum atomic E-state index is 12.0. The van der Waals surface area contributed by atoms with Crippen LogP contribution in [0.3, 0.4) is 0 Å². The Morgan fingerprint density at radius 3 is 2.52 bits per heavy atom. The lowest BCUT2D eigenvalue weighted by atomic mass is 10.1. The number of carbonyl (C=O) groups is 1. The van der Waals surface area contributed by atoms with Gasteiger partial charge < -0.3 is 15.3 Å². The van der Waals surface area contributed by atoms with Crippen molar-refractivity contribution >= 4 is 11.6 Å². The van der Waals surface area contributed by atoms with Crippen molar-refractivity contribution in [3.05, 3.63) is 59.7 Å². The van der Waals surface area contributed by atoms with Gasteiger partial charge in [0, 0.05) is 31.4 Å². The molecule has 4 heteroatoms. The summed E-state index contributed by atoms with van der Waals surface area (Å²) in [7, 11) is 3.47. The molecule has 21 heavy (non-hydrogen) atoms. The maximum absolute atomic E-state index is 12.0. The van der Waals surface area contributed by atoms with Gasteiger partial charge in [0.1, 0.15) is 5.75 Å². The molecular weight excluding hydrogens is 264 g/mol. The maximum Gasteiger partial charge on any atom is 0.253 e. The first-order valence-electron chi connectivity index (χ1n) is 6.84. The molecule has 0 aliphatic rings. The number of rotatable bonds is 4. The highest BCUT2D eigenvalue weighted by Gasteiger charge is 2.10. The number of carbonyl (C=O) groups excluding carboxylic acids is 1. The molecule has 1 unspecified atom stereocenters. The van der Waals surface area contributed by atoms with Gasteiger partial charge in [0.2, 0.25) is 0 Å². The van der Waals surface area contributed by atoms with E-state index < -0.39 is 0 Å². The lowest BCUT2D eigenvalue weighted by molar-refractivity contribution is 0.0827. The van der Waals surface area contributed by atoms with Crippen molar-refractivity contribution in [2.75, 3.05) is 19.4 Å². The van der Waals surface area contributed by atoms with Crippen molar-refractivity contribution in [1.82, 2.24) is 4.90 Å². The number of benzene rings is 2. The second-order valence-corrected chi connectivity index (χ2v) is 5.24. The first kappa shape index (κ1) is 14.9. The summed E-state index contributed by atoms with van der Waals surface area (Å²) < 4.78 is 0. The van der Waals surface area contributed by atoms with Gasteiger partial charge in [-0.25, -0.2) is 0 Å². The number of amides is 1. The van der Waals surface area contributed by atoms with Crippen LogP contribution in [0.25, 0.3) is 0 Å². The Kier molecular flexibility index (Phi) is 4.48. The fourth-order valence-electron chi connectivity index (χ4n) is 2.13. The van der Waals surface area contributed by atoms with Crippen LogP contribution in [0.15, 0.2) is 48.5 Å². The molecule has 2 aromatic rings. The second kappa shape index (κ2) is 6.31. The summed E-state index contributed by atoms with van der Waals surface area (Å²) in [4.78, 5) is 13.5. The molecular formula is C17H20N2O2. The smallest absolute Gasteiger partial charge is 0.253 e. The minimum absolute atomic E-state index is 0.0244. The molecule has 110 valence electrons. The van der Waals surface area contributed by atoms with E-state index in [0.717, 1.165) is 11.3 Å². The zero-order valence-electron chi connectivity index (χ0n) is 12.5. The fraction of sp³-hybridized carbons (Fsp3) is 0.235. The Morgan fingerprint density at radius 2 is 1.86 bits per heavy atom. The summed E-state index contributed by atoms with van der Waals surface area (Å²) in [6.45, 7) is 2.01. The summed E-state index contributed by atoms with van der Waals surface area (Å²) in [6.07, 6.45) is 0. The molecule has 4 nitrogen and oxygen atoms in total. The minimum Gasteiger partial charge on any atom is -0.508 e. The molecule has 2 rings (SSSR count). The average Bonchev–Trinajstić information content (AvgIpc) is 2.46. The summed E-state index contributed by atoms with van der Waals surface area (Å²) in [5.41, 5.74) is 2.51. The quantitative estimate of drug-likeness (QED) is 0.906. The SMILES string of the molecule is CC(Nc1cccc(C(=O)N(C)C)c1)c1cccc(O)c1. The number of aromatic hydroxyl groups is 1. The van der Waals surface area contributed by atoms with Crippen LogP contribution in [0.4, 0.5) is 5.69 Å². The molecule has 0 aliphatic carbocycles. The highest BCUT2D eigenvalue weighted by molar-refractivity contribution is 5.94. The largest absolute Gasteiger partial charge is 0.508 e. The zero-order chi connectivity index (χ0) is 15.4. The highest BCUT2D eigenvalue weighted by Crippen LogP contribution is 2.22. The second-order valence-electron chi connectivity index (χ2n) is 5.24. The Bertz CT molecular complexity index is 638. The van der Waals surface area contributed by atoms with Gasteiger partial charge in [0.05, 0.1) is 0 Å². The van der Waals surface area contributed by atoms with Gasteiger partial charge in [-0.2, -0.15) is 0 Å². The zero-order valence-corrected chi connectivity index (χ0v) is 12.5. The van der Waals surface area contributed by atoms with Gasteiger partial charge in [0.15, 0.2) is 0 Å². The number of hydrogen-bond acceptors (Lipinski definition) is 3. The van der Waals surface area contributed by atoms with Gasteiger partial charge in [0.25, 0.3) is 5.91 Å². The van der Waals surface area contributed by atoms with Crippen molar-refractivity contribution in [1.29, 1.82) is 0 Å². The van der Waals surface area contributed by atoms with Crippen LogP contribution in [-0.2, 0) is 0 Å². The van der Waals surface area contributed by atoms with E-state index in [1.807, 2.05) is 37.3 Å². The van der Waals surface area contributed by atoms with Crippen LogP contribution in [-0.4, -0.2) is 30.0 Å². The van der Waals surface area contributed by atoms with E-state index in [1.54, 1.807) is 37.2 Å². The predicted molar refractivity (Wildman–Crippen MR) is 84.6 cm³/mol. The van der Waals surface area contributed by atoms with Crippen LogP contribution < -0.4 is 5.32 Å². The normalized spacial score (nSPS) is 11.8. The number of nitrogens with zero attached hydrogens (tertiary/aromatic N) is 1. The molecule has 2 N–H and O–H groups in total. The van der Waals surface area contributed by atoms with E-state index in [-0.39, 0.29) is 17.7 Å². The van der Waals surface area contributed by atoms with Gasteiger partial charge in [-0.3, -0.25) is 4.79 Å². The first-order valence-corrected chi connectivity index (χ1v) is 6.84. The molecule has 0 heterocycles. The predicted octanol–water partition coefficient (Wildman–Crippen LogP) is 3.27. The third-order valence-electron chi connectivity index (χ3n) is 3.27. The van der Waals surface area contributed by atoms with Gasteiger partial charge in [-0.05, 0) is 42.8 Å². The number of nitrogens with one attached hydrogen (secondary N) is 1. The van der Waals surface area contributed by atoms with E-state index in [2.05, 4.69) is 5.32 Å². The van der Waals surface area contributed by atoms with Crippen LogP contribution >= 0.6 is 0 Å². The van der Waals surface area contributed by atoms with E-state index in [4.69, 9.17) is 0 Å². The van der Waals surface area contributed by atoms with E-state index in [1.165, 1.54) is 0 Å². The molecule has 0 aliphatic heterocycles. The Labute approximate surface area is 125 Å². The molecule has 2 aromatic carbocycles. The number of hydrogen-bond donors (Lipinski definition) is 2. The van der Waals surface area contributed by atoms with Crippen LogP contribution in [0.1, 0.15) is 28.9 Å². The van der Waals surface area contributed by atoms with Crippen LogP contribution in [0.2, 0.25) is 0 Å². The molecule has 0 saturated carbocycles. The van der Waals surface area contributed by atoms with Crippen molar-refractivity contribution in [3.8, 4) is 5.75 Å². The fourth-order valence-corrected chi connectivity index (χ4v) is 2.13. The molecule has 1 amide bonds. The lowest BCUT2D eigenvalue weighted by Gasteiger charge is -2.17. The Hall–Kier alpha value is -2.49. The third kappa shape index (κ3) is 3.75. The van der Waals surface area contributed by atoms with E-state index >= 15 is 0 Å². The number of phenols is 1. The molecule has 0 bridgehead atoms. The standard InChI is InChI=1S/C17H20N2O2/c1-12(13-6-5-9-16(20)11-13)18-15-8-4-7-14(10-15)17(21)19(2)3/h4-12,18,20H,1-3H3. The van der Waals surface area contributed by atoms with Crippen molar-refractivity contribution in [3.63, 3.8) is 0 Å². The van der Waals surface area contributed by atoms with Crippen LogP contribution in [0, 0.1) is 0 Å². The molecule has 0 radical (unpaired) electrons. The van der Waals surface area contributed by atoms with Crippen LogP contribution in [0.5, 0.6) is 5.75 Å². The van der Waals surface area contributed by atoms with E-state index in [0.29, 0.717) is 5.56 Å². The summed E-state index contributed by atoms with van der Waals surface area (Å²) in [5.74, 6) is 0.223. The molecule has 0 aromatic heterocycles. The lowest BCUT2D eigenvalue weighted by Crippen LogP contribution is -2.21. The average molecular weight is 284 g/mol. The van der Waals surface area contributed by atoms with Gasteiger partial charge >= 0.3 is 0 Å². The monoisotopic (exact) mass is 284 g/mol. The highest BCUT2D eigenvalue weighted by atomic mass is 16.3. The van der Waals surface area contributed by atoms with Gasteiger partial charge in [-0.1, -0.05) is 18.2 Å². The van der Waals surface area contributed by atoms with Crippen molar-refractivity contribution in [2.45, 2.75) is 13.0 Å². The molecule has 0 saturated heterocycles. The minimum atomic E-state index is -0.0244.